The molecule has 0 saturated carbocycles. The lowest BCUT2D eigenvalue weighted by Crippen LogP contribution is -2.24. The SMILES string of the molecule is CCOc1cc(/C=N/NC(=O)COc2ccc(C)c(C)c2)ccc1OCc1ccccc1. The zero-order valence-corrected chi connectivity index (χ0v) is 18.6. The highest BCUT2D eigenvalue weighted by Crippen LogP contribution is 2.29. The lowest BCUT2D eigenvalue weighted by molar-refractivity contribution is -0.123. The number of ether oxygens (including phenoxy) is 3. The molecule has 3 aromatic carbocycles. The van der Waals surface area contributed by atoms with E-state index in [0.29, 0.717) is 30.5 Å². The predicted molar refractivity (Wildman–Crippen MR) is 126 cm³/mol. The van der Waals surface area contributed by atoms with E-state index in [9.17, 15) is 4.79 Å². The molecule has 1 amide bonds. The Kier molecular flexibility index (Phi) is 8.26. The first-order valence-electron chi connectivity index (χ1n) is 10.5. The van der Waals surface area contributed by atoms with Gasteiger partial charge in [0, 0.05) is 0 Å². The molecular formula is C26H28N2O4. The number of nitrogens with zero attached hydrogens (tertiary/aromatic N) is 1. The van der Waals surface area contributed by atoms with Crippen LogP contribution >= 0.6 is 0 Å². The Hall–Kier alpha value is -3.80. The van der Waals surface area contributed by atoms with Crippen LogP contribution < -0.4 is 19.6 Å². The maximum atomic E-state index is 12.0. The molecule has 6 heteroatoms. The Morgan fingerprint density at radius 3 is 2.47 bits per heavy atom. The van der Waals surface area contributed by atoms with Crippen molar-refractivity contribution >= 4 is 12.1 Å². The van der Waals surface area contributed by atoms with E-state index >= 15 is 0 Å². The fourth-order valence-electron chi connectivity index (χ4n) is 2.89. The average Bonchev–Trinajstić information content (AvgIpc) is 2.80. The molecule has 3 aromatic rings. The van der Waals surface area contributed by atoms with Crippen molar-refractivity contribution in [2.45, 2.75) is 27.4 Å². The van der Waals surface area contributed by atoms with Gasteiger partial charge in [0.1, 0.15) is 12.4 Å². The van der Waals surface area contributed by atoms with E-state index in [2.05, 4.69) is 10.5 Å². The molecule has 0 spiro atoms. The molecule has 6 nitrogen and oxygen atoms in total. The van der Waals surface area contributed by atoms with Crippen LogP contribution in [0.15, 0.2) is 71.8 Å². The molecule has 32 heavy (non-hydrogen) atoms. The number of amides is 1. The average molecular weight is 433 g/mol. The molecule has 3 rings (SSSR count). The van der Waals surface area contributed by atoms with E-state index in [1.807, 2.05) is 87.5 Å². The first-order chi connectivity index (χ1) is 15.5. The maximum absolute atomic E-state index is 12.0. The summed E-state index contributed by atoms with van der Waals surface area (Å²) in [7, 11) is 0. The summed E-state index contributed by atoms with van der Waals surface area (Å²) in [6, 6.07) is 21.2. The van der Waals surface area contributed by atoms with Crippen LogP contribution in [0.5, 0.6) is 17.2 Å². The Morgan fingerprint density at radius 1 is 0.906 bits per heavy atom. The summed E-state index contributed by atoms with van der Waals surface area (Å²) < 4.78 is 17.1. The lowest BCUT2D eigenvalue weighted by atomic mass is 10.1. The number of carbonyl (C=O) groups is 1. The summed E-state index contributed by atoms with van der Waals surface area (Å²) in [6.45, 7) is 6.79. The van der Waals surface area contributed by atoms with Gasteiger partial charge in [-0.1, -0.05) is 36.4 Å². The summed E-state index contributed by atoms with van der Waals surface area (Å²) in [5, 5.41) is 4.01. The van der Waals surface area contributed by atoms with Crippen molar-refractivity contribution in [2.24, 2.45) is 5.10 Å². The fourth-order valence-corrected chi connectivity index (χ4v) is 2.89. The van der Waals surface area contributed by atoms with Crippen LogP contribution in [0, 0.1) is 13.8 Å². The summed E-state index contributed by atoms with van der Waals surface area (Å²) in [5.41, 5.74) is 6.61. The van der Waals surface area contributed by atoms with Gasteiger partial charge in [-0.05, 0) is 73.4 Å². The number of hydrogen-bond donors (Lipinski definition) is 1. The van der Waals surface area contributed by atoms with E-state index < -0.39 is 0 Å². The molecule has 0 aliphatic carbocycles. The third-order valence-electron chi connectivity index (χ3n) is 4.76. The van der Waals surface area contributed by atoms with E-state index in [1.165, 1.54) is 5.56 Å². The largest absolute Gasteiger partial charge is 0.490 e. The number of hydrogen-bond acceptors (Lipinski definition) is 5. The smallest absolute Gasteiger partial charge is 0.277 e. The molecular weight excluding hydrogens is 404 g/mol. The third kappa shape index (κ3) is 6.87. The Balaban J connectivity index is 1.54. The number of carbonyl (C=O) groups excluding carboxylic acids is 1. The quantitative estimate of drug-likeness (QED) is 0.369. The van der Waals surface area contributed by atoms with Gasteiger partial charge >= 0.3 is 0 Å². The molecule has 0 unspecified atom stereocenters. The van der Waals surface area contributed by atoms with Gasteiger partial charge in [-0.3, -0.25) is 4.79 Å². The minimum Gasteiger partial charge on any atom is -0.490 e. The monoisotopic (exact) mass is 432 g/mol. The topological polar surface area (TPSA) is 69.2 Å². The Bertz CT molecular complexity index is 1060. The van der Waals surface area contributed by atoms with Gasteiger partial charge in [0.15, 0.2) is 18.1 Å². The second-order valence-corrected chi connectivity index (χ2v) is 7.24. The highest BCUT2D eigenvalue weighted by molar-refractivity contribution is 5.83. The first-order valence-corrected chi connectivity index (χ1v) is 10.5. The van der Waals surface area contributed by atoms with E-state index in [4.69, 9.17) is 14.2 Å². The molecule has 0 aliphatic heterocycles. The second kappa shape index (κ2) is 11.6. The summed E-state index contributed by atoms with van der Waals surface area (Å²) in [6.07, 6.45) is 1.55. The molecule has 0 aliphatic rings. The molecule has 0 heterocycles. The van der Waals surface area contributed by atoms with Crippen LogP contribution in [-0.4, -0.2) is 25.3 Å². The molecule has 0 atom stereocenters. The summed E-state index contributed by atoms with van der Waals surface area (Å²) in [5.74, 6) is 1.59. The standard InChI is InChI=1S/C26H28N2O4/c1-4-30-25-15-22(11-13-24(25)32-17-21-8-6-5-7-9-21)16-27-28-26(29)18-31-23-12-10-19(2)20(3)14-23/h5-16H,4,17-18H2,1-3H3,(H,28,29)/b27-16+. The summed E-state index contributed by atoms with van der Waals surface area (Å²) in [4.78, 5) is 12.0. The minimum atomic E-state index is -0.340. The van der Waals surface area contributed by atoms with Gasteiger partial charge in [-0.2, -0.15) is 5.10 Å². The molecule has 166 valence electrons. The second-order valence-electron chi connectivity index (χ2n) is 7.24. The third-order valence-corrected chi connectivity index (χ3v) is 4.76. The van der Waals surface area contributed by atoms with Crippen LogP contribution in [0.3, 0.4) is 0 Å². The summed E-state index contributed by atoms with van der Waals surface area (Å²) >= 11 is 0. The van der Waals surface area contributed by atoms with Gasteiger partial charge < -0.3 is 14.2 Å². The normalized spacial score (nSPS) is 10.7. The van der Waals surface area contributed by atoms with Crippen LogP contribution in [0.4, 0.5) is 0 Å². The number of aryl methyl sites for hydroxylation is 2. The number of benzene rings is 3. The van der Waals surface area contributed by atoms with Gasteiger partial charge in [0.2, 0.25) is 0 Å². The highest BCUT2D eigenvalue weighted by Gasteiger charge is 2.07. The van der Waals surface area contributed by atoms with Crippen LogP contribution in [-0.2, 0) is 11.4 Å². The fraction of sp³-hybridized carbons (Fsp3) is 0.231. The molecule has 0 fully saturated rings. The Morgan fingerprint density at radius 2 is 1.72 bits per heavy atom. The van der Waals surface area contributed by atoms with E-state index in [0.717, 1.165) is 16.7 Å². The molecule has 0 bridgehead atoms. The zero-order chi connectivity index (χ0) is 22.8. The first kappa shape index (κ1) is 22.9. The van der Waals surface area contributed by atoms with Crippen molar-refractivity contribution in [3.63, 3.8) is 0 Å². The zero-order valence-electron chi connectivity index (χ0n) is 18.6. The highest BCUT2D eigenvalue weighted by atomic mass is 16.5. The van der Waals surface area contributed by atoms with Crippen molar-refractivity contribution in [3.05, 3.63) is 89.0 Å². The van der Waals surface area contributed by atoms with E-state index in [1.54, 1.807) is 6.21 Å². The van der Waals surface area contributed by atoms with E-state index in [-0.39, 0.29) is 12.5 Å². The number of hydrazone groups is 1. The predicted octanol–water partition coefficient (Wildman–Crippen LogP) is 4.81. The van der Waals surface area contributed by atoms with Crippen molar-refractivity contribution in [1.82, 2.24) is 5.43 Å². The Labute approximate surface area is 188 Å². The van der Waals surface area contributed by atoms with Crippen molar-refractivity contribution in [1.29, 1.82) is 0 Å². The van der Waals surface area contributed by atoms with Crippen molar-refractivity contribution in [3.8, 4) is 17.2 Å². The van der Waals surface area contributed by atoms with Gasteiger partial charge in [-0.15, -0.1) is 0 Å². The minimum absolute atomic E-state index is 0.115. The molecule has 0 saturated heterocycles. The number of nitrogens with one attached hydrogen (secondary N) is 1. The maximum Gasteiger partial charge on any atom is 0.277 e. The van der Waals surface area contributed by atoms with Crippen LogP contribution in [0.2, 0.25) is 0 Å². The van der Waals surface area contributed by atoms with Crippen LogP contribution in [0.1, 0.15) is 29.2 Å². The van der Waals surface area contributed by atoms with Gasteiger partial charge in [0.25, 0.3) is 5.91 Å². The van der Waals surface area contributed by atoms with Gasteiger partial charge in [-0.25, -0.2) is 5.43 Å². The molecule has 1 N–H and O–H groups in total. The molecule has 0 aromatic heterocycles. The van der Waals surface area contributed by atoms with Gasteiger partial charge in [0.05, 0.1) is 12.8 Å². The number of rotatable bonds is 10. The van der Waals surface area contributed by atoms with Crippen molar-refractivity contribution < 1.29 is 19.0 Å². The lowest BCUT2D eigenvalue weighted by Gasteiger charge is -2.12. The molecule has 0 radical (unpaired) electrons. The van der Waals surface area contributed by atoms with Crippen molar-refractivity contribution in [2.75, 3.05) is 13.2 Å². The van der Waals surface area contributed by atoms with Crippen LogP contribution in [0.25, 0.3) is 0 Å².